The van der Waals surface area contributed by atoms with Gasteiger partial charge in [-0.25, -0.2) is 4.79 Å². The molecule has 2 unspecified atom stereocenters. The molecule has 2 amide bonds. The summed E-state index contributed by atoms with van der Waals surface area (Å²) in [7, 11) is 0. The van der Waals surface area contributed by atoms with Crippen molar-refractivity contribution in [3.05, 3.63) is 28.8 Å². The number of carbonyl (C=O) groups excluding carboxylic acids is 1. The molecule has 0 aromatic heterocycles. The number of fused-ring (bicyclic) bond motifs is 1. The number of carbonyl (C=O) groups is 1. The fourth-order valence-electron chi connectivity index (χ4n) is 2.34. The third-order valence-corrected chi connectivity index (χ3v) is 4.03. The number of rotatable bonds is 4. The molecule has 1 aliphatic heterocycles. The highest BCUT2D eigenvalue weighted by Gasteiger charge is 2.22. The summed E-state index contributed by atoms with van der Waals surface area (Å²) in [6, 6.07) is 5.05. The minimum Gasteiger partial charge on any atom is -0.493 e. The van der Waals surface area contributed by atoms with Gasteiger partial charge in [-0.1, -0.05) is 31.5 Å². The fraction of sp³-hybridized carbons (Fsp3) is 0.562. The van der Waals surface area contributed by atoms with E-state index in [0.29, 0.717) is 11.6 Å². The molecule has 1 heterocycles. The van der Waals surface area contributed by atoms with Crippen molar-refractivity contribution in [3.63, 3.8) is 0 Å². The highest BCUT2D eigenvalue weighted by Crippen LogP contribution is 2.33. The van der Waals surface area contributed by atoms with Crippen LogP contribution in [0, 0.1) is 5.92 Å². The highest BCUT2D eigenvalue weighted by molar-refractivity contribution is 6.30. The van der Waals surface area contributed by atoms with Gasteiger partial charge in [0.25, 0.3) is 0 Å². The zero-order chi connectivity index (χ0) is 16.1. The van der Waals surface area contributed by atoms with Gasteiger partial charge in [0.15, 0.2) is 0 Å². The molecule has 0 saturated heterocycles. The van der Waals surface area contributed by atoms with Gasteiger partial charge in [0.2, 0.25) is 0 Å². The second-order valence-electron chi connectivity index (χ2n) is 5.89. The lowest BCUT2D eigenvalue weighted by molar-refractivity contribution is 0.124. The van der Waals surface area contributed by atoms with Crippen molar-refractivity contribution in [2.45, 2.75) is 38.8 Å². The van der Waals surface area contributed by atoms with Gasteiger partial charge < -0.3 is 20.5 Å². The number of aliphatic hydroxyl groups excluding tert-OH is 1. The number of halogens is 1. The van der Waals surface area contributed by atoms with Crippen LogP contribution in [0.25, 0.3) is 0 Å². The van der Waals surface area contributed by atoms with Crippen molar-refractivity contribution in [1.82, 2.24) is 10.6 Å². The van der Waals surface area contributed by atoms with E-state index in [9.17, 15) is 9.90 Å². The number of aliphatic hydroxyl groups is 1. The molecule has 0 spiro atoms. The monoisotopic (exact) mass is 326 g/mol. The molecule has 0 saturated carbocycles. The summed E-state index contributed by atoms with van der Waals surface area (Å²) < 4.78 is 5.67. The molecular weight excluding hydrogens is 304 g/mol. The Morgan fingerprint density at radius 1 is 1.50 bits per heavy atom. The quantitative estimate of drug-likeness (QED) is 0.796. The van der Waals surface area contributed by atoms with Crippen molar-refractivity contribution in [2.24, 2.45) is 5.92 Å². The molecule has 1 aromatic carbocycles. The molecule has 6 heteroatoms. The first kappa shape index (κ1) is 16.9. The maximum atomic E-state index is 12.0. The summed E-state index contributed by atoms with van der Waals surface area (Å²) in [5.74, 6) is 0.826. The van der Waals surface area contributed by atoms with Gasteiger partial charge in [-0.15, -0.1) is 0 Å². The lowest BCUT2D eigenvalue weighted by Crippen LogP contribution is -2.42. The van der Waals surface area contributed by atoms with Crippen LogP contribution in [0.1, 0.15) is 38.3 Å². The van der Waals surface area contributed by atoms with E-state index in [1.54, 1.807) is 12.1 Å². The number of urea groups is 1. The Hall–Kier alpha value is -1.46. The average molecular weight is 327 g/mol. The number of benzene rings is 1. The van der Waals surface area contributed by atoms with E-state index in [1.165, 1.54) is 0 Å². The van der Waals surface area contributed by atoms with Crippen molar-refractivity contribution >= 4 is 17.6 Å². The Balaban J connectivity index is 1.99. The van der Waals surface area contributed by atoms with E-state index in [4.69, 9.17) is 16.3 Å². The van der Waals surface area contributed by atoms with Crippen LogP contribution >= 0.6 is 11.6 Å². The van der Waals surface area contributed by atoms with Crippen LogP contribution < -0.4 is 15.4 Å². The molecule has 1 aliphatic rings. The van der Waals surface area contributed by atoms with Gasteiger partial charge >= 0.3 is 6.03 Å². The SMILES string of the molecule is CC(C)C(O)CNC(=O)NC1CCCOc2cc(Cl)ccc21. The summed E-state index contributed by atoms with van der Waals surface area (Å²) in [6.07, 6.45) is 1.11. The molecule has 122 valence electrons. The van der Waals surface area contributed by atoms with E-state index < -0.39 is 6.10 Å². The van der Waals surface area contributed by atoms with Crippen LogP contribution in [0.5, 0.6) is 5.75 Å². The van der Waals surface area contributed by atoms with Gasteiger partial charge in [0, 0.05) is 17.1 Å². The Morgan fingerprint density at radius 3 is 3.00 bits per heavy atom. The van der Waals surface area contributed by atoms with Gasteiger partial charge in [-0.2, -0.15) is 0 Å². The Morgan fingerprint density at radius 2 is 2.27 bits per heavy atom. The molecule has 2 rings (SSSR count). The molecule has 0 aliphatic carbocycles. The van der Waals surface area contributed by atoms with E-state index in [2.05, 4.69) is 10.6 Å². The summed E-state index contributed by atoms with van der Waals surface area (Å²) in [5, 5.41) is 16.0. The standard InChI is InChI=1S/C16H23ClN2O3/c1-10(2)14(20)9-18-16(21)19-13-4-3-7-22-15-8-11(17)5-6-12(13)15/h5-6,8,10,13-14,20H,3-4,7,9H2,1-2H3,(H2,18,19,21). The normalized spacial score (nSPS) is 18.9. The van der Waals surface area contributed by atoms with Crippen molar-refractivity contribution < 1.29 is 14.6 Å². The van der Waals surface area contributed by atoms with E-state index in [-0.39, 0.29) is 24.5 Å². The number of amides is 2. The maximum absolute atomic E-state index is 12.0. The minimum absolute atomic E-state index is 0.106. The van der Waals surface area contributed by atoms with Crippen LogP contribution in [-0.2, 0) is 0 Å². The van der Waals surface area contributed by atoms with Gasteiger partial charge in [-0.3, -0.25) is 0 Å². The third kappa shape index (κ3) is 4.52. The van der Waals surface area contributed by atoms with Gasteiger partial charge in [0.1, 0.15) is 5.75 Å². The number of hydrogen-bond acceptors (Lipinski definition) is 3. The van der Waals surface area contributed by atoms with Crippen LogP contribution in [0.2, 0.25) is 5.02 Å². The Kier molecular flexibility index (Phi) is 5.91. The number of ether oxygens (including phenoxy) is 1. The molecule has 0 bridgehead atoms. The predicted octanol–water partition coefficient (Wildman–Crippen LogP) is 2.87. The molecule has 2 atom stereocenters. The summed E-state index contributed by atoms with van der Waals surface area (Å²) in [4.78, 5) is 12.0. The van der Waals surface area contributed by atoms with Crippen LogP contribution in [-0.4, -0.2) is 30.4 Å². The molecule has 1 aromatic rings. The van der Waals surface area contributed by atoms with Gasteiger partial charge in [-0.05, 0) is 30.9 Å². The number of hydrogen-bond donors (Lipinski definition) is 3. The van der Waals surface area contributed by atoms with Crippen LogP contribution in [0.15, 0.2) is 18.2 Å². The van der Waals surface area contributed by atoms with E-state index in [0.717, 1.165) is 24.2 Å². The summed E-state index contributed by atoms with van der Waals surface area (Å²) in [5.41, 5.74) is 0.932. The molecule has 0 fully saturated rings. The average Bonchev–Trinajstić information content (AvgIpc) is 2.66. The topological polar surface area (TPSA) is 70.6 Å². The smallest absolute Gasteiger partial charge is 0.315 e. The van der Waals surface area contributed by atoms with Crippen LogP contribution in [0.4, 0.5) is 4.79 Å². The van der Waals surface area contributed by atoms with Crippen molar-refractivity contribution in [1.29, 1.82) is 0 Å². The molecular formula is C16H23ClN2O3. The first-order chi connectivity index (χ1) is 10.5. The Bertz CT molecular complexity index is 522. The first-order valence-corrected chi connectivity index (χ1v) is 8.00. The molecule has 3 N–H and O–H groups in total. The van der Waals surface area contributed by atoms with Crippen molar-refractivity contribution in [3.8, 4) is 5.75 Å². The third-order valence-electron chi connectivity index (χ3n) is 3.79. The first-order valence-electron chi connectivity index (χ1n) is 7.62. The fourth-order valence-corrected chi connectivity index (χ4v) is 2.50. The molecule has 22 heavy (non-hydrogen) atoms. The zero-order valence-electron chi connectivity index (χ0n) is 12.9. The van der Waals surface area contributed by atoms with Gasteiger partial charge in [0.05, 0.1) is 18.8 Å². The Labute approximate surface area is 136 Å². The lowest BCUT2D eigenvalue weighted by Gasteiger charge is -2.20. The van der Waals surface area contributed by atoms with Crippen LogP contribution in [0.3, 0.4) is 0 Å². The largest absolute Gasteiger partial charge is 0.493 e. The van der Waals surface area contributed by atoms with E-state index >= 15 is 0 Å². The highest BCUT2D eigenvalue weighted by atomic mass is 35.5. The minimum atomic E-state index is -0.547. The molecule has 5 nitrogen and oxygen atoms in total. The zero-order valence-corrected chi connectivity index (χ0v) is 13.7. The summed E-state index contributed by atoms with van der Waals surface area (Å²) in [6.45, 7) is 4.67. The maximum Gasteiger partial charge on any atom is 0.315 e. The van der Waals surface area contributed by atoms with E-state index in [1.807, 2.05) is 19.9 Å². The second kappa shape index (κ2) is 7.70. The second-order valence-corrected chi connectivity index (χ2v) is 6.33. The lowest BCUT2D eigenvalue weighted by atomic mass is 10.0. The van der Waals surface area contributed by atoms with Crippen molar-refractivity contribution in [2.75, 3.05) is 13.2 Å². The number of nitrogens with one attached hydrogen (secondary N) is 2. The summed E-state index contributed by atoms with van der Waals surface area (Å²) >= 11 is 5.99. The molecule has 0 radical (unpaired) electrons. The predicted molar refractivity (Wildman–Crippen MR) is 86.3 cm³/mol.